The number of ether oxygens (including phenoxy) is 7. The Morgan fingerprint density at radius 2 is 1.07 bits per heavy atom. The average Bonchev–Trinajstić information content (AvgIpc) is 3.28. The van der Waals surface area contributed by atoms with E-state index in [2.05, 4.69) is 13.2 Å². The Morgan fingerprint density at radius 3 is 1.55 bits per heavy atom. The number of hydrogen-bond acceptors (Lipinski definition) is 12. The smallest absolute Gasteiger partial charge is 0.343 e. The van der Waals surface area contributed by atoms with E-state index in [0.717, 1.165) is 64.0 Å². The number of rotatable bonds is 25. The van der Waals surface area contributed by atoms with Crippen LogP contribution >= 0.6 is 0 Å². The summed E-state index contributed by atoms with van der Waals surface area (Å²) < 4.78 is 37.3. The van der Waals surface area contributed by atoms with Crippen LogP contribution in [-0.4, -0.2) is 71.1 Å². The standard InChI is InChI=1S/C37H42O10.C8H10O.C3H4O/c1-3-35(39)45-25-11-7-6-10-24-44-32-18-14-29(15-19-32)37(41)47-34-21-20-33(26-30(34)27-38)46-36(40)28-12-16-31(17-13-28)43-23-9-5-4-8-22-42-2;1-9-7-8-5-3-2-4-6-8;1-2-3-4/h3,12-21,26-27H,1,4-11,22-25H2,2H3;2-6H,7H2,1H3;2-3H,1H2. The molecular weight excluding hydrogens is 769 g/mol. The first kappa shape index (κ1) is 49.8. The van der Waals surface area contributed by atoms with Crippen molar-refractivity contribution in [2.75, 3.05) is 40.6 Å². The number of benzene rings is 4. The van der Waals surface area contributed by atoms with Gasteiger partial charge in [-0.1, -0.05) is 49.9 Å². The second-order valence-corrected chi connectivity index (χ2v) is 12.8. The Hall–Kier alpha value is -6.37. The molecule has 4 rings (SSSR count). The molecule has 4 aromatic carbocycles. The highest BCUT2D eigenvalue weighted by molar-refractivity contribution is 5.93. The van der Waals surface area contributed by atoms with E-state index in [-0.39, 0.29) is 22.6 Å². The fourth-order valence-electron chi connectivity index (χ4n) is 5.09. The van der Waals surface area contributed by atoms with E-state index < -0.39 is 17.9 Å². The van der Waals surface area contributed by atoms with Crippen LogP contribution in [0.25, 0.3) is 0 Å². The molecule has 0 aliphatic rings. The Bertz CT molecular complexity index is 1850. The maximum atomic E-state index is 12.7. The molecule has 0 aliphatic heterocycles. The zero-order chi connectivity index (χ0) is 43.6. The second kappa shape index (κ2) is 31.6. The average molecular weight is 825 g/mol. The summed E-state index contributed by atoms with van der Waals surface area (Å²) in [7, 11) is 3.40. The number of unbranched alkanes of at least 4 members (excludes halogenated alkanes) is 6. The highest BCUT2D eigenvalue weighted by Crippen LogP contribution is 2.25. The van der Waals surface area contributed by atoms with Gasteiger partial charge in [0.25, 0.3) is 0 Å². The van der Waals surface area contributed by atoms with Crippen LogP contribution in [-0.2, 0) is 30.4 Å². The minimum absolute atomic E-state index is 0.0320. The predicted octanol–water partition coefficient (Wildman–Crippen LogP) is 9.40. The van der Waals surface area contributed by atoms with Gasteiger partial charge in [-0.15, -0.1) is 0 Å². The van der Waals surface area contributed by atoms with E-state index in [0.29, 0.717) is 56.1 Å². The molecule has 0 radical (unpaired) electrons. The Labute approximate surface area is 353 Å². The lowest BCUT2D eigenvalue weighted by molar-refractivity contribution is -0.137. The Kier molecular flexibility index (Phi) is 26.2. The SMILES string of the molecule is C=CC(=O)OCCCCCCOc1ccc(C(=O)Oc2ccc(OC(=O)c3ccc(OCCCCCCOC)cc3)cc2C=O)cc1.C=CC=O.COCc1ccccc1. The summed E-state index contributed by atoms with van der Waals surface area (Å²) in [4.78, 5) is 57.2. The molecule has 320 valence electrons. The van der Waals surface area contributed by atoms with E-state index in [1.165, 1.54) is 29.8 Å². The van der Waals surface area contributed by atoms with Crippen molar-refractivity contribution in [1.82, 2.24) is 0 Å². The zero-order valence-corrected chi connectivity index (χ0v) is 34.6. The van der Waals surface area contributed by atoms with Gasteiger partial charge in [-0.05, 0) is 123 Å². The summed E-state index contributed by atoms with van der Waals surface area (Å²) in [6.07, 6.45) is 11.0. The topological polar surface area (TPSA) is 150 Å². The summed E-state index contributed by atoms with van der Waals surface area (Å²) in [6.45, 7) is 9.41. The van der Waals surface area contributed by atoms with Crippen molar-refractivity contribution in [3.63, 3.8) is 0 Å². The molecular formula is C48H56O12. The highest BCUT2D eigenvalue weighted by Gasteiger charge is 2.15. The monoisotopic (exact) mass is 824 g/mol. The van der Waals surface area contributed by atoms with Crippen LogP contribution < -0.4 is 18.9 Å². The lowest BCUT2D eigenvalue weighted by Crippen LogP contribution is -2.11. The van der Waals surface area contributed by atoms with Crippen molar-refractivity contribution in [3.8, 4) is 23.0 Å². The Balaban J connectivity index is 0.000000813. The number of carbonyl (C=O) groups is 5. The van der Waals surface area contributed by atoms with Crippen molar-refractivity contribution in [3.05, 3.63) is 145 Å². The second-order valence-electron chi connectivity index (χ2n) is 12.8. The third-order valence-corrected chi connectivity index (χ3v) is 8.18. The predicted molar refractivity (Wildman–Crippen MR) is 229 cm³/mol. The zero-order valence-electron chi connectivity index (χ0n) is 34.6. The van der Waals surface area contributed by atoms with Crippen LogP contribution in [0.15, 0.2) is 122 Å². The third kappa shape index (κ3) is 21.4. The van der Waals surface area contributed by atoms with Gasteiger partial charge in [0.05, 0.1) is 43.1 Å². The van der Waals surface area contributed by atoms with Crippen LogP contribution in [0.2, 0.25) is 0 Å². The first-order valence-electron chi connectivity index (χ1n) is 19.6. The first-order chi connectivity index (χ1) is 29.3. The molecule has 0 aliphatic carbocycles. The van der Waals surface area contributed by atoms with Crippen molar-refractivity contribution >= 4 is 30.5 Å². The number of allylic oxidation sites excluding steroid dienone is 1. The number of esters is 3. The van der Waals surface area contributed by atoms with Gasteiger partial charge in [-0.2, -0.15) is 0 Å². The molecule has 0 saturated carbocycles. The Morgan fingerprint density at radius 1 is 0.567 bits per heavy atom. The van der Waals surface area contributed by atoms with Gasteiger partial charge in [0.15, 0.2) is 6.29 Å². The third-order valence-electron chi connectivity index (χ3n) is 8.18. The summed E-state index contributed by atoms with van der Waals surface area (Å²) in [6, 6.07) is 27.4. The molecule has 0 spiro atoms. The van der Waals surface area contributed by atoms with Gasteiger partial charge in [0.1, 0.15) is 29.3 Å². The van der Waals surface area contributed by atoms with Crippen LogP contribution in [0, 0.1) is 0 Å². The highest BCUT2D eigenvalue weighted by atomic mass is 16.5. The molecule has 0 heterocycles. The lowest BCUT2D eigenvalue weighted by atomic mass is 10.2. The maximum absolute atomic E-state index is 12.7. The first-order valence-corrected chi connectivity index (χ1v) is 19.6. The van der Waals surface area contributed by atoms with Crippen molar-refractivity contribution < 1.29 is 57.1 Å². The van der Waals surface area contributed by atoms with E-state index in [1.807, 2.05) is 30.3 Å². The summed E-state index contributed by atoms with van der Waals surface area (Å²) in [5, 5.41) is 0. The lowest BCUT2D eigenvalue weighted by Gasteiger charge is -2.10. The van der Waals surface area contributed by atoms with E-state index in [1.54, 1.807) is 62.8 Å². The molecule has 60 heavy (non-hydrogen) atoms. The quantitative estimate of drug-likeness (QED) is 0.0206. The number of methoxy groups -OCH3 is 2. The molecule has 0 unspecified atom stereocenters. The van der Waals surface area contributed by atoms with Crippen LogP contribution in [0.1, 0.15) is 88.0 Å². The van der Waals surface area contributed by atoms with Crippen LogP contribution in [0.4, 0.5) is 0 Å². The minimum Gasteiger partial charge on any atom is -0.494 e. The maximum Gasteiger partial charge on any atom is 0.343 e. The molecule has 12 nitrogen and oxygen atoms in total. The van der Waals surface area contributed by atoms with Gasteiger partial charge >= 0.3 is 17.9 Å². The van der Waals surface area contributed by atoms with Gasteiger partial charge in [0, 0.05) is 26.9 Å². The molecule has 0 N–H and O–H groups in total. The molecule has 4 aromatic rings. The summed E-state index contributed by atoms with van der Waals surface area (Å²) >= 11 is 0. The van der Waals surface area contributed by atoms with Crippen molar-refractivity contribution in [2.24, 2.45) is 0 Å². The normalized spacial score (nSPS) is 9.97. The molecule has 12 heteroatoms. The fourth-order valence-corrected chi connectivity index (χ4v) is 5.09. The number of aldehydes is 2. The summed E-state index contributed by atoms with van der Waals surface area (Å²) in [5.41, 5.74) is 1.86. The van der Waals surface area contributed by atoms with E-state index in [9.17, 15) is 19.2 Å². The van der Waals surface area contributed by atoms with E-state index >= 15 is 0 Å². The molecule has 0 saturated heterocycles. The molecule has 0 aromatic heterocycles. The van der Waals surface area contributed by atoms with Gasteiger partial charge in [-0.25, -0.2) is 14.4 Å². The fraction of sp³-hybridized carbons (Fsp3) is 0.312. The molecule has 0 amide bonds. The van der Waals surface area contributed by atoms with Crippen molar-refractivity contribution in [1.29, 1.82) is 0 Å². The molecule has 0 fully saturated rings. The van der Waals surface area contributed by atoms with Gasteiger partial charge in [0.2, 0.25) is 0 Å². The molecule has 0 bridgehead atoms. The number of hydrogen-bond donors (Lipinski definition) is 0. The largest absolute Gasteiger partial charge is 0.494 e. The van der Waals surface area contributed by atoms with Crippen LogP contribution in [0.3, 0.4) is 0 Å². The number of carbonyl (C=O) groups excluding carboxylic acids is 5. The van der Waals surface area contributed by atoms with E-state index in [4.69, 9.17) is 38.0 Å². The minimum atomic E-state index is -0.657. The van der Waals surface area contributed by atoms with Crippen LogP contribution in [0.5, 0.6) is 23.0 Å². The van der Waals surface area contributed by atoms with Crippen molar-refractivity contribution in [2.45, 2.75) is 58.0 Å². The van der Waals surface area contributed by atoms with Gasteiger partial charge < -0.3 is 33.2 Å². The van der Waals surface area contributed by atoms with Gasteiger partial charge in [-0.3, -0.25) is 9.59 Å². The molecule has 0 atom stereocenters. The summed E-state index contributed by atoms with van der Waals surface area (Å²) in [5.74, 6) is -0.258.